The van der Waals surface area contributed by atoms with Crippen molar-refractivity contribution in [1.29, 1.82) is 0 Å². The Labute approximate surface area is 204 Å². The molecule has 6 heteroatoms. The van der Waals surface area contributed by atoms with Crippen molar-refractivity contribution in [3.63, 3.8) is 0 Å². The number of hydrogen-bond acceptors (Lipinski definition) is 4. The van der Waals surface area contributed by atoms with Crippen molar-refractivity contribution >= 4 is 21.8 Å². The maximum atomic E-state index is 13.0. The topological polar surface area (TPSA) is 45.9 Å². The number of furan rings is 1. The van der Waals surface area contributed by atoms with Crippen LogP contribution in [0, 0.1) is 6.92 Å². The van der Waals surface area contributed by atoms with Gasteiger partial charge >= 0.3 is 0 Å². The highest BCUT2D eigenvalue weighted by Crippen LogP contribution is 2.28. The van der Waals surface area contributed by atoms with Crippen LogP contribution < -0.4 is 4.74 Å². The van der Waals surface area contributed by atoms with Crippen molar-refractivity contribution in [2.75, 3.05) is 26.2 Å². The molecule has 5 nitrogen and oxygen atoms in total. The minimum atomic E-state index is -0.0554. The second-order valence-corrected chi connectivity index (χ2v) is 9.76. The van der Waals surface area contributed by atoms with E-state index >= 15 is 0 Å². The third kappa shape index (κ3) is 5.87. The van der Waals surface area contributed by atoms with E-state index < -0.39 is 0 Å². The minimum Gasteiger partial charge on any atom is -0.485 e. The molecular weight excluding hydrogens is 480 g/mol. The molecule has 1 fully saturated rings. The Morgan fingerprint density at radius 2 is 1.82 bits per heavy atom. The summed E-state index contributed by atoms with van der Waals surface area (Å²) >= 11 is 3.62. The van der Waals surface area contributed by atoms with Gasteiger partial charge in [0.1, 0.15) is 18.1 Å². The Bertz CT molecular complexity index is 1100. The van der Waals surface area contributed by atoms with Crippen LogP contribution >= 0.6 is 15.9 Å². The zero-order chi connectivity index (χ0) is 23.4. The van der Waals surface area contributed by atoms with E-state index in [-0.39, 0.29) is 5.91 Å². The first-order valence-electron chi connectivity index (χ1n) is 11.5. The molecule has 2 heterocycles. The molecule has 0 bridgehead atoms. The smallest absolute Gasteiger partial charge is 0.289 e. The molecule has 33 heavy (non-hydrogen) atoms. The molecular formula is C27H31BrN2O3. The summed E-state index contributed by atoms with van der Waals surface area (Å²) in [6, 6.07) is 18.1. The van der Waals surface area contributed by atoms with Crippen molar-refractivity contribution in [2.45, 2.75) is 39.8 Å². The van der Waals surface area contributed by atoms with Crippen molar-refractivity contribution in [1.82, 2.24) is 9.80 Å². The van der Waals surface area contributed by atoms with Crippen LogP contribution in [0.4, 0.5) is 0 Å². The van der Waals surface area contributed by atoms with Gasteiger partial charge in [0.15, 0.2) is 5.76 Å². The van der Waals surface area contributed by atoms with Gasteiger partial charge in [0.05, 0.1) is 0 Å². The zero-order valence-electron chi connectivity index (χ0n) is 19.5. The van der Waals surface area contributed by atoms with Crippen LogP contribution in [0.3, 0.4) is 0 Å². The molecule has 0 saturated carbocycles. The summed E-state index contributed by atoms with van der Waals surface area (Å²) in [6.45, 7) is 10.6. The van der Waals surface area contributed by atoms with E-state index in [1.807, 2.05) is 17.0 Å². The van der Waals surface area contributed by atoms with Crippen LogP contribution in [-0.2, 0) is 13.2 Å². The second kappa shape index (κ2) is 10.6. The molecule has 0 atom stereocenters. The van der Waals surface area contributed by atoms with Crippen LogP contribution in [0.1, 0.15) is 52.8 Å². The number of carbonyl (C=O) groups is 1. The molecule has 4 rings (SSSR count). The summed E-state index contributed by atoms with van der Waals surface area (Å²) in [5, 5.41) is 0. The van der Waals surface area contributed by atoms with E-state index in [1.165, 1.54) is 11.1 Å². The zero-order valence-corrected chi connectivity index (χ0v) is 21.1. The van der Waals surface area contributed by atoms with Crippen molar-refractivity contribution < 1.29 is 13.9 Å². The molecule has 1 aromatic heterocycles. The number of aryl methyl sites for hydroxylation is 1. The van der Waals surface area contributed by atoms with Crippen molar-refractivity contribution in [2.24, 2.45) is 0 Å². The van der Waals surface area contributed by atoms with E-state index in [1.54, 1.807) is 6.07 Å². The number of piperazine rings is 1. The summed E-state index contributed by atoms with van der Waals surface area (Å²) in [6.07, 6.45) is 0. The highest BCUT2D eigenvalue weighted by Gasteiger charge is 2.24. The Hall–Kier alpha value is -2.57. The number of carbonyl (C=O) groups excluding carboxylic acids is 1. The molecule has 1 aliphatic heterocycles. The molecule has 0 spiro atoms. The van der Waals surface area contributed by atoms with Crippen LogP contribution in [0.15, 0.2) is 63.5 Å². The number of hydrogen-bond donors (Lipinski definition) is 0. The molecule has 0 N–H and O–H groups in total. The van der Waals surface area contributed by atoms with Crippen LogP contribution in [0.25, 0.3) is 0 Å². The van der Waals surface area contributed by atoms with Crippen LogP contribution in [-0.4, -0.2) is 41.9 Å². The molecule has 0 aliphatic carbocycles. The van der Waals surface area contributed by atoms with Gasteiger partial charge in [-0.15, -0.1) is 0 Å². The summed E-state index contributed by atoms with van der Waals surface area (Å²) in [7, 11) is 0. The first-order valence-corrected chi connectivity index (χ1v) is 12.3. The van der Waals surface area contributed by atoms with E-state index in [9.17, 15) is 4.79 Å². The second-order valence-electron chi connectivity index (χ2n) is 8.91. The van der Waals surface area contributed by atoms with Gasteiger partial charge in [0.25, 0.3) is 5.91 Å². The van der Waals surface area contributed by atoms with Gasteiger partial charge in [-0.1, -0.05) is 60.1 Å². The van der Waals surface area contributed by atoms with E-state index in [0.717, 1.165) is 35.4 Å². The lowest BCUT2D eigenvalue weighted by Crippen LogP contribution is -2.48. The van der Waals surface area contributed by atoms with E-state index in [2.05, 4.69) is 78.0 Å². The molecule has 0 unspecified atom stereocenters. The number of rotatable bonds is 7. The molecule has 2 aromatic carbocycles. The lowest BCUT2D eigenvalue weighted by Gasteiger charge is -2.34. The fourth-order valence-corrected chi connectivity index (χ4v) is 4.51. The minimum absolute atomic E-state index is 0.0554. The fourth-order valence-electron chi connectivity index (χ4n) is 4.10. The number of amides is 1. The van der Waals surface area contributed by atoms with Crippen molar-refractivity contribution in [3.8, 4) is 5.75 Å². The summed E-state index contributed by atoms with van der Waals surface area (Å²) in [5.41, 5.74) is 3.59. The highest BCUT2D eigenvalue weighted by molar-refractivity contribution is 9.10. The SMILES string of the molecule is Cc1ccc(C(C)C)c(OCc2ccc(C(=O)N3CCN(Cc4ccccc4Br)CC3)o2)c1. The van der Waals surface area contributed by atoms with Crippen LogP contribution in [0.5, 0.6) is 5.75 Å². The lowest BCUT2D eigenvalue weighted by molar-refractivity contribution is 0.0594. The van der Waals surface area contributed by atoms with E-state index in [0.29, 0.717) is 37.1 Å². The summed E-state index contributed by atoms with van der Waals surface area (Å²) < 4.78 is 13.0. The van der Waals surface area contributed by atoms with Crippen LogP contribution in [0.2, 0.25) is 0 Å². The van der Waals surface area contributed by atoms with Gasteiger partial charge in [0.2, 0.25) is 0 Å². The quantitative estimate of drug-likeness (QED) is 0.390. The standard InChI is InChI=1S/C27H31BrN2O3/c1-19(2)23-10-8-20(3)16-26(23)32-18-22-9-11-25(33-22)27(31)30-14-12-29(13-15-30)17-21-6-4-5-7-24(21)28/h4-11,16,19H,12-15,17-18H2,1-3H3. The highest BCUT2D eigenvalue weighted by atomic mass is 79.9. The lowest BCUT2D eigenvalue weighted by atomic mass is 10.0. The summed E-state index contributed by atoms with van der Waals surface area (Å²) in [5.74, 6) is 2.22. The third-order valence-electron chi connectivity index (χ3n) is 6.04. The molecule has 174 valence electrons. The Kier molecular flexibility index (Phi) is 7.56. The molecule has 0 radical (unpaired) electrons. The van der Waals surface area contributed by atoms with Gasteiger partial charge in [-0.2, -0.15) is 0 Å². The molecule has 1 aliphatic rings. The monoisotopic (exact) mass is 510 g/mol. The third-order valence-corrected chi connectivity index (χ3v) is 6.82. The first kappa shape index (κ1) is 23.6. The van der Waals surface area contributed by atoms with E-state index in [4.69, 9.17) is 9.15 Å². The maximum Gasteiger partial charge on any atom is 0.289 e. The predicted molar refractivity (Wildman–Crippen MR) is 134 cm³/mol. The number of ether oxygens (including phenoxy) is 1. The Morgan fingerprint density at radius 3 is 2.55 bits per heavy atom. The first-order chi connectivity index (χ1) is 15.9. The molecule has 3 aromatic rings. The van der Waals surface area contributed by atoms with Gasteiger partial charge in [-0.05, 0) is 53.8 Å². The number of benzene rings is 2. The Balaban J connectivity index is 1.32. The van der Waals surface area contributed by atoms with Gasteiger partial charge in [-0.25, -0.2) is 0 Å². The van der Waals surface area contributed by atoms with Crippen molar-refractivity contribution in [3.05, 3.63) is 87.3 Å². The average molecular weight is 511 g/mol. The van der Waals surface area contributed by atoms with Gasteiger partial charge in [-0.3, -0.25) is 9.69 Å². The Morgan fingerprint density at radius 1 is 1.06 bits per heavy atom. The molecule has 1 saturated heterocycles. The normalized spacial score (nSPS) is 14.6. The average Bonchev–Trinajstić information content (AvgIpc) is 3.28. The number of halogens is 1. The predicted octanol–water partition coefficient (Wildman–Crippen LogP) is 6.01. The summed E-state index contributed by atoms with van der Waals surface area (Å²) in [4.78, 5) is 17.2. The molecule has 1 amide bonds. The maximum absolute atomic E-state index is 13.0. The van der Waals surface area contributed by atoms with Gasteiger partial charge in [0, 0.05) is 37.2 Å². The largest absolute Gasteiger partial charge is 0.485 e. The fraction of sp³-hybridized carbons (Fsp3) is 0.370. The van der Waals surface area contributed by atoms with Gasteiger partial charge < -0.3 is 14.1 Å². The number of nitrogens with zero attached hydrogens (tertiary/aromatic N) is 2.